The van der Waals surface area contributed by atoms with Crippen LogP contribution in [-0.2, 0) is 0 Å². The highest BCUT2D eigenvalue weighted by atomic mass is 16.3. The van der Waals surface area contributed by atoms with Gasteiger partial charge in [-0.3, -0.25) is 4.79 Å². The van der Waals surface area contributed by atoms with E-state index in [2.05, 4.69) is 0 Å². The molecule has 2 aromatic carbocycles. The maximum absolute atomic E-state index is 13.4. The fourth-order valence-electron chi connectivity index (χ4n) is 5.75. The van der Waals surface area contributed by atoms with Crippen LogP contribution in [0.15, 0.2) is 36.4 Å². The number of hydrogen-bond acceptors (Lipinski definition) is 3. The molecular formula is C29H38O3. The summed E-state index contributed by atoms with van der Waals surface area (Å²) in [5.74, 6) is 1.26. The van der Waals surface area contributed by atoms with E-state index in [1.807, 2.05) is 12.1 Å². The predicted molar refractivity (Wildman–Crippen MR) is 130 cm³/mol. The molecule has 0 aliphatic heterocycles. The van der Waals surface area contributed by atoms with Crippen molar-refractivity contribution in [1.82, 2.24) is 0 Å². The fraction of sp³-hybridized carbons (Fsp3) is 0.552. The Hall–Kier alpha value is -2.29. The van der Waals surface area contributed by atoms with E-state index in [0.717, 1.165) is 36.8 Å². The van der Waals surface area contributed by atoms with Gasteiger partial charge < -0.3 is 10.2 Å². The number of ketones is 1. The Morgan fingerprint density at radius 2 is 0.906 bits per heavy atom. The van der Waals surface area contributed by atoms with Gasteiger partial charge in [-0.1, -0.05) is 64.2 Å². The van der Waals surface area contributed by atoms with Gasteiger partial charge in [-0.15, -0.1) is 0 Å². The quantitative estimate of drug-likeness (QED) is 0.479. The molecule has 0 amide bonds. The van der Waals surface area contributed by atoms with Crippen LogP contribution in [0.2, 0.25) is 0 Å². The van der Waals surface area contributed by atoms with Crippen molar-refractivity contribution in [2.45, 2.75) is 102 Å². The van der Waals surface area contributed by atoms with E-state index >= 15 is 0 Å². The molecule has 2 fully saturated rings. The van der Waals surface area contributed by atoms with Crippen LogP contribution in [0.25, 0.3) is 0 Å². The molecule has 0 heterocycles. The Morgan fingerprint density at radius 1 is 0.562 bits per heavy atom. The highest BCUT2D eigenvalue weighted by molar-refractivity contribution is 6.09. The molecule has 2 saturated carbocycles. The summed E-state index contributed by atoms with van der Waals surface area (Å²) in [7, 11) is 0. The molecule has 0 saturated heterocycles. The first-order valence-corrected chi connectivity index (χ1v) is 12.8. The van der Waals surface area contributed by atoms with Gasteiger partial charge in [0.05, 0.1) is 0 Å². The summed E-state index contributed by atoms with van der Waals surface area (Å²) in [4.78, 5) is 13.4. The highest BCUT2D eigenvalue weighted by Gasteiger charge is 2.22. The van der Waals surface area contributed by atoms with Gasteiger partial charge in [0.15, 0.2) is 5.78 Å². The first kappa shape index (κ1) is 22.9. The van der Waals surface area contributed by atoms with E-state index in [1.165, 1.54) is 64.2 Å². The normalized spacial score (nSPS) is 19.5. The van der Waals surface area contributed by atoms with Gasteiger partial charge in [0.25, 0.3) is 0 Å². The Kier molecular flexibility index (Phi) is 7.89. The van der Waals surface area contributed by atoms with Gasteiger partial charge >= 0.3 is 0 Å². The van der Waals surface area contributed by atoms with Gasteiger partial charge in [0.2, 0.25) is 0 Å². The molecule has 0 radical (unpaired) electrons. The molecule has 0 atom stereocenters. The number of aromatic hydroxyl groups is 2. The van der Waals surface area contributed by atoms with Crippen LogP contribution >= 0.6 is 0 Å². The highest BCUT2D eigenvalue weighted by Crippen LogP contribution is 2.38. The van der Waals surface area contributed by atoms with Crippen molar-refractivity contribution in [1.29, 1.82) is 0 Å². The summed E-state index contributed by atoms with van der Waals surface area (Å²) in [6.45, 7) is 0. The number of hydrogen-bond donors (Lipinski definition) is 2. The number of phenolic OH excluding ortho intramolecular Hbond substituents is 2. The Balaban J connectivity index is 1.58. The molecule has 0 spiro atoms. The lowest BCUT2D eigenvalue weighted by atomic mass is 9.83. The van der Waals surface area contributed by atoms with E-state index in [0.29, 0.717) is 34.5 Å². The summed E-state index contributed by atoms with van der Waals surface area (Å²) in [5.41, 5.74) is 3.12. The minimum Gasteiger partial charge on any atom is -0.508 e. The summed E-state index contributed by atoms with van der Waals surface area (Å²) < 4.78 is 0. The first-order chi connectivity index (χ1) is 15.6. The third-order valence-electron chi connectivity index (χ3n) is 7.67. The topological polar surface area (TPSA) is 57.5 Å². The van der Waals surface area contributed by atoms with E-state index in [-0.39, 0.29) is 5.78 Å². The Labute approximate surface area is 192 Å². The van der Waals surface area contributed by atoms with Crippen LogP contribution in [0.5, 0.6) is 11.5 Å². The van der Waals surface area contributed by atoms with Crippen molar-refractivity contribution in [2.24, 2.45) is 0 Å². The summed E-state index contributed by atoms with van der Waals surface area (Å²) in [5, 5.41) is 21.1. The van der Waals surface area contributed by atoms with Crippen molar-refractivity contribution in [3.8, 4) is 11.5 Å². The van der Waals surface area contributed by atoms with Crippen molar-refractivity contribution < 1.29 is 15.0 Å². The molecule has 4 rings (SSSR count). The average molecular weight is 435 g/mol. The fourth-order valence-corrected chi connectivity index (χ4v) is 5.75. The zero-order chi connectivity index (χ0) is 22.3. The van der Waals surface area contributed by atoms with Crippen LogP contribution in [0.3, 0.4) is 0 Å². The maximum Gasteiger partial charge on any atom is 0.193 e. The van der Waals surface area contributed by atoms with E-state index in [1.54, 1.807) is 24.3 Å². The number of phenols is 2. The van der Waals surface area contributed by atoms with Crippen molar-refractivity contribution in [3.05, 3.63) is 58.7 Å². The largest absolute Gasteiger partial charge is 0.508 e. The van der Waals surface area contributed by atoms with E-state index in [4.69, 9.17) is 0 Å². The summed E-state index contributed by atoms with van der Waals surface area (Å²) in [6.07, 6.45) is 16.7. The molecule has 2 N–H and O–H groups in total. The Bertz CT molecular complexity index is 827. The number of rotatable bonds is 4. The lowest BCUT2D eigenvalue weighted by Gasteiger charge is -2.22. The Morgan fingerprint density at radius 3 is 1.28 bits per heavy atom. The molecule has 32 heavy (non-hydrogen) atoms. The minimum atomic E-state index is -0.0239. The lowest BCUT2D eigenvalue weighted by Crippen LogP contribution is -2.08. The second-order valence-corrected chi connectivity index (χ2v) is 9.96. The molecule has 0 unspecified atom stereocenters. The standard InChI is InChI=1S/C29H38O3/c30-27-17-15-23(19-25(27)21-11-7-3-1-4-8-12-21)29(32)24-16-18-28(31)26(20-24)22-13-9-5-2-6-10-14-22/h15-22,30-31H,1-14H2. The van der Waals surface area contributed by atoms with Crippen molar-refractivity contribution >= 4 is 5.78 Å². The van der Waals surface area contributed by atoms with Gasteiger partial charge in [0.1, 0.15) is 11.5 Å². The van der Waals surface area contributed by atoms with Crippen LogP contribution in [0, 0.1) is 0 Å². The van der Waals surface area contributed by atoms with Crippen LogP contribution in [0.1, 0.15) is 129 Å². The molecule has 3 heteroatoms. The molecule has 0 aromatic heterocycles. The van der Waals surface area contributed by atoms with Gasteiger partial charge in [-0.25, -0.2) is 0 Å². The SMILES string of the molecule is O=C(c1ccc(O)c(C2CCCCCCC2)c1)c1ccc(O)c(C2CCCCCCC2)c1. The predicted octanol–water partition coefficient (Wildman–Crippen LogP) is 7.98. The molecule has 2 aromatic rings. The lowest BCUT2D eigenvalue weighted by molar-refractivity contribution is 0.103. The molecule has 172 valence electrons. The second-order valence-electron chi connectivity index (χ2n) is 9.96. The molecular weight excluding hydrogens is 396 g/mol. The smallest absolute Gasteiger partial charge is 0.193 e. The third kappa shape index (κ3) is 5.54. The zero-order valence-corrected chi connectivity index (χ0v) is 19.3. The van der Waals surface area contributed by atoms with Crippen LogP contribution in [0.4, 0.5) is 0 Å². The molecule has 2 aliphatic rings. The van der Waals surface area contributed by atoms with E-state index in [9.17, 15) is 15.0 Å². The average Bonchev–Trinajstić information content (AvgIpc) is 2.74. The first-order valence-electron chi connectivity index (χ1n) is 12.8. The summed E-state index contributed by atoms with van der Waals surface area (Å²) >= 11 is 0. The molecule has 3 nitrogen and oxygen atoms in total. The monoisotopic (exact) mass is 434 g/mol. The van der Waals surface area contributed by atoms with E-state index < -0.39 is 0 Å². The van der Waals surface area contributed by atoms with Crippen LogP contribution in [-0.4, -0.2) is 16.0 Å². The number of carbonyl (C=O) groups is 1. The van der Waals surface area contributed by atoms with Gasteiger partial charge in [0, 0.05) is 11.1 Å². The second kappa shape index (κ2) is 11.0. The van der Waals surface area contributed by atoms with Crippen molar-refractivity contribution in [2.75, 3.05) is 0 Å². The van der Waals surface area contributed by atoms with Crippen LogP contribution < -0.4 is 0 Å². The molecule has 0 bridgehead atoms. The van der Waals surface area contributed by atoms with Crippen molar-refractivity contribution in [3.63, 3.8) is 0 Å². The number of benzene rings is 2. The number of carbonyl (C=O) groups excluding carboxylic acids is 1. The van der Waals surface area contributed by atoms with Gasteiger partial charge in [-0.2, -0.15) is 0 Å². The zero-order valence-electron chi connectivity index (χ0n) is 19.3. The maximum atomic E-state index is 13.4. The molecule has 2 aliphatic carbocycles. The summed E-state index contributed by atoms with van der Waals surface area (Å²) in [6, 6.07) is 10.7. The minimum absolute atomic E-state index is 0.0239. The van der Waals surface area contributed by atoms with Gasteiger partial charge in [-0.05, 0) is 85.0 Å². The third-order valence-corrected chi connectivity index (χ3v) is 7.67.